The summed E-state index contributed by atoms with van der Waals surface area (Å²) in [6, 6.07) is 26.4. The molecule has 3 aromatic carbocycles. The van der Waals surface area contributed by atoms with Gasteiger partial charge in [0, 0.05) is 13.5 Å². The highest BCUT2D eigenvalue weighted by Crippen LogP contribution is 2.40. The smallest absolute Gasteiger partial charge is 0.294 e. The highest BCUT2D eigenvalue weighted by atomic mass is 16.5. The second kappa shape index (κ2) is 8.90. The highest BCUT2D eigenvalue weighted by molar-refractivity contribution is 6.10. The molecule has 0 saturated heterocycles. The van der Waals surface area contributed by atoms with E-state index in [1.807, 2.05) is 79.7 Å². The van der Waals surface area contributed by atoms with Gasteiger partial charge in [0.15, 0.2) is 5.76 Å². The number of rotatable bonds is 4. The Kier molecular flexibility index (Phi) is 5.64. The number of nitrogens with zero attached hydrogens (tertiary/aromatic N) is 2. The van der Waals surface area contributed by atoms with E-state index in [9.17, 15) is 9.59 Å². The van der Waals surface area contributed by atoms with Crippen molar-refractivity contribution >= 4 is 23.2 Å². The van der Waals surface area contributed by atoms with Crippen LogP contribution in [-0.2, 0) is 4.79 Å². The van der Waals surface area contributed by atoms with E-state index in [1.54, 1.807) is 28.9 Å². The van der Waals surface area contributed by atoms with E-state index in [1.165, 1.54) is 6.26 Å². The van der Waals surface area contributed by atoms with E-state index in [0.717, 1.165) is 22.6 Å². The van der Waals surface area contributed by atoms with Crippen molar-refractivity contribution in [3.63, 3.8) is 0 Å². The van der Waals surface area contributed by atoms with Gasteiger partial charge in [0.05, 0.1) is 23.7 Å². The number of para-hydroxylation sites is 1. The van der Waals surface area contributed by atoms with Gasteiger partial charge in [-0.3, -0.25) is 9.59 Å². The fraction of sp³-hybridized carbons (Fsp3) is 0.143. The van der Waals surface area contributed by atoms with Crippen molar-refractivity contribution in [3.8, 4) is 22.6 Å². The average Bonchev–Trinajstić information content (AvgIpc) is 3.39. The van der Waals surface area contributed by atoms with E-state index in [4.69, 9.17) is 9.15 Å². The minimum Gasteiger partial charge on any atom is -0.459 e. The standard InChI is InChI=1S/C28H24N2O4/c1-19-18-29(28(32)27-9-6-16-33-27)26-17-22(12-15-25(26)30(19)20(2)31)21-10-13-24(14-11-21)34-23-7-4-3-5-8-23/h3-17,19H,18H2,1-2H3/t19-/m0/s1. The van der Waals surface area contributed by atoms with Crippen LogP contribution in [0.4, 0.5) is 11.4 Å². The van der Waals surface area contributed by atoms with Gasteiger partial charge in [0.25, 0.3) is 5.91 Å². The summed E-state index contributed by atoms with van der Waals surface area (Å²) in [5.74, 6) is 1.48. The van der Waals surface area contributed by atoms with Crippen LogP contribution >= 0.6 is 0 Å². The Bertz CT molecular complexity index is 1310. The summed E-state index contributed by atoms with van der Waals surface area (Å²) in [5, 5.41) is 0. The Morgan fingerprint density at radius 2 is 1.56 bits per heavy atom. The molecule has 0 N–H and O–H groups in total. The first-order chi connectivity index (χ1) is 16.5. The number of furan rings is 1. The summed E-state index contributed by atoms with van der Waals surface area (Å²) >= 11 is 0. The number of anilines is 2. The van der Waals surface area contributed by atoms with Crippen molar-refractivity contribution in [2.45, 2.75) is 19.9 Å². The van der Waals surface area contributed by atoms with Crippen LogP contribution < -0.4 is 14.5 Å². The molecule has 5 rings (SSSR count). The Morgan fingerprint density at radius 1 is 0.853 bits per heavy atom. The number of carbonyl (C=O) groups is 2. The molecule has 0 aliphatic carbocycles. The summed E-state index contributed by atoms with van der Waals surface area (Å²) in [6.45, 7) is 3.86. The van der Waals surface area contributed by atoms with Crippen LogP contribution in [0.2, 0.25) is 0 Å². The Balaban J connectivity index is 1.50. The fourth-order valence-electron chi connectivity index (χ4n) is 4.35. The summed E-state index contributed by atoms with van der Waals surface area (Å²) in [7, 11) is 0. The first kappa shape index (κ1) is 21.5. The average molecular weight is 453 g/mol. The predicted octanol–water partition coefficient (Wildman–Crippen LogP) is 6.14. The molecule has 6 nitrogen and oxygen atoms in total. The van der Waals surface area contributed by atoms with Crippen molar-refractivity contribution in [1.82, 2.24) is 0 Å². The highest BCUT2D eigenvalue weighted by Gasteiger charge is 2.35. The molecule has 4 aromatic rings. The number of carbonyl (C=O) groups excluding carboxylic acids is 2. The maximum Gasteiger partial charge on any atom is 0.294 e. The van der Waals surface area contributed by atoms with E-state index >= 15 is 0 Å². The molecule has 0 saturated carbocycles. The normalized spacial score (nSPS) is 15.1. The Labute approximate surface area is 198 Å². The van der Waals surface area contributed by atoms with E-state index in [0.29, 0.717) is 17.9 Å². The van der Waals surface area contributed by atoms with Gasteiger partial charge >= 0.3 is 0 Å². The molecule has 2 heterocycles. The van der Waals surface area contributed by atoms with Gasteiger partial charge in [-0.05, 0) is 66.6 Å². The monoisotopic (exact) mass is 452 g/mol. The fourth-order valence-corrected chi connectivity index (χ4v) is 4.35. The number of benzene rings is 3. The summed E-state index contributed by atoms with van der Waals surface area (Å²) in [6.07, 6.45) is 1.49. The molecule has 0 bridgehead atoms. The minimum absolute atomic E-state index is 0.0611. The molecule has 0 unspecified atom stereocenters. The lowest BCUT2D eigenvalue weighted by Crippen LogP contribution is -2.51. The van der Waals surface area contributed by atoms with Gasteiger partial charge in [-0.25, -0.2) is 0 Å². The first-order valence-corrected chi connectivity index (χ1v) is 11.1. The maximum absolute atomic E-state index is 13.2. The van der Waals surface area contributed by atoms with Crippen molar-refractivity contribution in [2.75, 3.05) is 16.3 Å². The lowest BCUT2D eigenvalue weighted by atomic mass is 10.00. The minimum atomic E-state index is -0.231. The predicted molar refractivity (Wildman–Crippen MR) is 131 cm³/mol. The van der Waals surface area contributed by atoms with E-state index in [-0.39, 0.29) is 23.6 Å². The zero-order valence-electron chi connectivity index (χ0n) is 19.0. The molecule has 2 amide bonds. The van der Waals surface area contributed by atoms with Crippen LogP contribution in [0.5, 0.6) is 11.5 Å². The van der Waals surface area contributed by atoms with Gasteiger partial charge in [-0.15, -0.1) is 0 Å². The Hall–Kier alpha value is -4.32. The van der Waals surface area contributed by atoms with Crippen LogP contribution in [0.25, 0.3) is 11.1 Å². The van der Waals surface area contributed by atoms with Crippen molar-refractivity contribution in [1.29, 1.82) is 0 Å². The van der Waals surface area contributed by atoms with Crippen molar-refractivity contribution in [3.05, 3.63) is 97.0 Å². The molecule has 0 fully saturated rings. The number of ether oxygens (including phenoxy) is 1. The van der Waals surface area contributed by atoms with Crippen LogP contribution in [0.15, 0.2) is 95.6 Å². The topological polar surface area (TPSA) is 63.0 Å². The molecule has 0 radical (unpaired) electrons. The Morgan fingerprint density at radius 3 is 2.24 bits per heavy atom. The second-order valence-electron chi connectivity index (χ2n) is 8.27. The van der Waals surface area contributed by atoms with Crippen LogP contribution in [0.1, 0.15) is 24.4 Å². The maximum atomic E-state index is 13.2. The molecular weight excluding hydrogens is 428 g/mol. The van der Waals surface area contributed by atoms with Crippen LogP contribution in [0.3, 0.4) is 0 Å². The summed E-state index contributed by atoms with van der Waals surface area (Å²) < 4.78 is 11.3. The SMILES string of the molecule is CC(=O)N1c2ccc(-c3ccc(Oc4ccccc4)cc3)cc2N(C(=O)c2ccco2)C[C@@H]1C. The van der Waals surface area contributed by atoms with Crippen LogP contribution in [-0.4, -0.2) is 24.4 Å². The lowest BCUT2D eigenvalue weighted by molar-refractivity contribution is -0.117. The summed E-state index contributed by atoms with van der Waals surface area (Å²) in [4.78, 5) is 29.1. The zero-order valence-corrected chi connectivity index (χ0v) is 19.0. The molecule has 1 aliphatic heterocycles. The van der Waals surface area contributed by atoms with Gasteiger partial charge in [0.1, 0.15) is 11.5 Å². The van der Waals surface area contributed by atoms with E-state index in [2.05, 4.69) is 0 Å². The third kappa shape index (κ3) is 4.06. The second-order valence-corrected chi connectivity index (χ2v) is 8.27. The number of hydrogen-bond acceptors (Lipinski definition) is 4. The number of fused-ring (bicyclic) bond motifs is 1. The van der Waals surface area contributed by atoms with Gasteiger partial charge in [-0.2, -0.15) is 0 Å². The molecule has 1 atom stereocenters. The largest absolute Gasteiger partial charge is 0.459 e. The molecule has 1 aromatic heterocycles. The van der Waals surface area contributed by atoms with Gasteiger partial charge in [0.2, 0.25) is 5.91 Å². The zero-order chi connectivity index (χ0) is 23.7. The molecule has 170 valence electrons. The lowest BCUT2D eigenvalue weighted by Gasteiger charge is -2.40. The number of amides is 2. The third-order valence-corrected chi connectivity index (χ3v) is 5.90. The van der Waals surface area contributed by atoms with Gasteiger partial charge < -0.3 is 19.0 Å². The van der Waals surface area contributed by atoms with Gasteiger partial charge in [-0.1, -0.05) is 36.4 Å². The van der Waals surface area contributed by atoms with E-state index < -0.39 is 0 Å². The molecule has 6 heteroatoms. The van der Waals surface area contributed by atoms with Crippen LogP contribution in [0, 0.1) is 0 Å². The quantitative estimate of drug-likeness (QED) is 0.373. The first-order valence-electron chi connectivity index (χ1n) is 11.1. The summed E-state index contributed by atoms with van der Waals surface area (Å²) in [5.41, 5.74) is 3.29. The number of hydrogen-bond donors (Lipinski definition) is 0. The molecular formula is C28H24N2O4. The van der Waals surface area contributed by atoms with Crippen molar-refractivity contribution in [2.24, 2.45) is 0 Å². The third-order valence-electron chi connectivity index (χ3n) is 5.90. The molecule has 1 aliphatic rings. The molecule has 0 spiro atoms. The van der Waals surface area contributed by atoms with Crippen molar-refractivity contribution < 1.29 is 18.7 Å². The molecule has 34 heavy (non-hydrogen) atoms.